The van der Waals surface area contributed by atoms with Gasteiger partial charge in [0.15, 0.2) is 11.5 Å². The summed E-state index contributed by atoms with van der Waals surface area (Å²) < 4.78 is 37.3. The van der Waals surface area contributed by atoms with E-state index in [0.29, 0.717) is 34.8 Å². The Hall–Kier alpha value is -4.15. The minimum Gasteiger partial charge on any atom is -0.494 e. The van der Waals surface area contributed by atoms with E-state index in [2.05, 4.69) is 21.9 Å². The standard InChI is InChI=1S/C31H33FN4O5/c1-38-27-5-2-4-25-30(27)33-29(20-39-24-9-7-23(32)8-10-24)36(31(25)37)13-3-12-34-14-16-35(17-15-34)19-22-6-11-26-28(18-22)41-21-40-26/h2,4-11,18H,3,12-17,19-21H2,1H3. The van der Waals surface area contributed by atoms with E-state index in [4.69, 9.17) is 23.9 Å². The molecule has 0 radical (unpaired) electrons. The zero-order valence-electron chi connectivity index (χ0n) is 23.1. The summed E-state index contributed by atoms with van der Waals surface area (Å²) in [5, 5.41) is 0.506. The summed E-state index contributed by atoms with van der Waals surface area (Å²) in [5.74, 6) is 2.84. The van der Waals surface area contributed by atoms with Crippen LogP contribution in [0.3, 0.4) is 0 Å². The Kier molecular flexibility index (Phi) is 8.02. The second-order valence-corrected chi connectivity index (χ2v) is 10.2. The molecule has 9 nitrogen and oxygen atoms in total. The van der Waals surface area contributed by atoms with Crippen molar-refractivity contribution in [3.05, 3.63) is 88.2 Å². The van der Waals surface area contributed by atoms with Gasteiger partial charge >= 0.3 is 0 Å². The topological polar surface area (TPSA) is 78.3 Å². The molecule has 0 spiro atoms. The molecular formula is C31H33FN4O5. The van der Waals surface area contributed by atoms with Crippen molar-refractivity contribution in [3.63, 3.8) is 0 Å². The van der Waals surface area contributed by atoms with E-state index in [1.165, 1.54) is 17.7 Å². The summed E-state index contributed by atoms with van der Waals surface area (Å²) in [7, 11) is 1.56. The van der Waals surface area contributed by atoms with Crippen molar-refractivity contribution in [1.29, 1.82) is 0 Å². The molecule has 214 valence electrons. The van der Waals surface area contributed by atoms with Crippen LogP contribution in [0, 0.1) is 5.82 Å². The zero-order chi connectivity index (χ0) is 28.2. The SMILES string of the molecule is COc1cccc2c(=O)n(CCCN3CCN(Cc4ccc5c(c4)OCO5)CC3)c(COc3ccc(F)cc3)nc12. The van der Waals surface area contributed by atoms with Gasteiger partial charge in [-0.3, -0.25) is 14.3 Å². The Labute approximate surface area is 237 Å². The first kappa shape index (κ1) is 27.0. The minimum atomic E-state index is -0.336. The highest BCUT2D eigenvalue weighted by molar-refractivity contribution is 5.83. The molecule has 0 N–H and O–H groups in total. The zero-order valence-corrected chi connectivity index (χ0v) is 23.1. The van der Waals surface area contributed by atoms with Gasteiger partial charge in [-0.25, -0.2) is 9.37 Å². The second-order valence-electron chi connectivity index (χ2n) is 10.2. The summed E-state index contributed by atoms with van der Waals surface area (Å²) in [5.41, 5.74) is 1.60. The molecule has 0 bridgehead atoms. The van der Waals surface area contributed by atoms with E-state index in [1.807, 2.05) is 6.07 Å². The van der Waals surface area contributed by atoms with Crippen molar-refractivity contribution in [2.45, 2.75) is 26.1 Å². The Bertz CT molecular complexity index is 1570. The van der Waals surface area contributed by atoms with Gasteiger partial charge in [0.1, 0.15) is 35.3 Å². The predicted octanol–water partition coefficient (Wildman–Crippen LogP) is 4.06. The van der Waals surface area contributed by atoms with E-state index in [-0.39, 0.29) is 24.8 Å². The number of hydrogen-bond acceptors (Lipinski definition) is 8. The van der Waals surface area contributed by atoms with Crippen molar-refractivity contribution < 1.29 is 23.3 Å². The summed E-state index contributed by atoms with van der Waals surface area (Å²) in [6.45, 7) is 6.51. The fourth-order valence-electron chi connectivity index (χ4n) is 5.37. The third-order valence-electron chi connectivity index (χ3n) is 7.59. The molecule has 0 saturated carbocycles. The molecule has 0 aliphatic carbocycles. The van der Waals surface area contributed by atoms with Gasteiger partial charge in [0.2, 0.25) is 6.79 Å². The van der Waals surface area contributed by atoms with Crippen molar-refractivity contribution in [2.24, 2.45) is 0 Å². The predicted molar refractivity (Wildman–Crippen MR) is 152 cm³/mol. The minimum absolute atomic E-state index is 0.0768. The number of ether oxygens (including phenoxy) is 4. The number of methoxy groups -OCH3 is 1. The maximum atomic E-state index is 13.6. The molecular weight excluding hydrogens is 527 g/mol. The fourth-order valence-corrected chi connectivity index (χ4v) is 5.37. The number of rotatable bonds is 10. The number of halogens is 1. The van der Waals surface area contributed by atoms with Crippen LogP contribution in [0.4, 0.5) is 4.39 Å². The van der Waals surface area contributed by atoms with E-state index in [9.17, 15) is 9.18 Å². The summed E-state index contributed by atoms with van der Waals surface area (Å²) in [6, 6.07) is 17.3. The van der Waals surface area contributed by atoms with E-state index < -0.39 is 0 Å². The van der Waals surface area contributed by atoms with Crippen LogP contribution in [0.5, 0.6) is 23.0 Å². The first-order valence-electron chi connectivity index (χ1n) is 13.9. The molecule has 4 aromatic rings. The molecule has 0 amide bonds. The Balaban J connectivity index is 1.09. The number of aromatic nitrogens is 2. The molecule has 3 aromatic carbocycles. The van der Waals surface area contributed by atoms with Gasteiger partial charge in [0.05, 0.1) is 12.5 Å². The third kappa shape index (κ3) is 6.13. The van der Waals surface area contributed by atoms with Crippen LogP contribution >= 0.6 is 0 Å². The van der Waals surface area contributed by atoms with Gasteiger partial charge in [0, 0.05) is 39.3 Å². The van der Waals surface area contributed by atoms with Gasteiger partial charge in [-0.05, 0) is 67.1 Å². The first-order valence-corrected chi connectivity index (χ1v) is 13.9. The monoisotopic (exact) mass is 560 g/mol. The van der Waals surface area contributed by atoms with Crippen LogP contribution in [0.2, 0.25) is 0 Å². The molecule has 0 unspecified atom stereocenters. The molecule has 3 heterocycles. The van der Waals surface area contributed by atoms with Crippen LogP contribution in [0.25, 0.3) is 10.9 Å². The molecule has 1 fully saturated rings. The quantitative estimate of drug-likeness (QED) is 0.288. The fraction of sp³-hybridized carbons (Fsp3) is 0.355. The van der Waals surface area contributed by atoms with Gasteiger partial charge in [0.25, 0.3) is 5.56 Å². The van der Waals surface area contributed by atoms with Crippen LogP contribution in [0.1, 0.15) is 17.8 Å². The average Bonchev–Trinajstić information content (AvgIpc) is 3.47. The van der Waals surface area contributed by atoms with Gasteiger partial charge in [-0.1, -0.05) is 12.1 Å². The number of nitrogens with zero attached hydrogens (tertiary/aromatic N) is 4. The van der Waals surface area contributed by atoms with Gasteiger partial charge in [-0.2, -0.15) is 0 Å². The van der Waals surface area contributed by atoms with Crippen LogP contribution < -0.4 is 24.5 Å². The lowest BCUT2D eigenvalue weighted by molar-refractivity contribution is 0.124. The number of hydrogen-bond donors (Lipinski definition) is 0. The van der Waals surface area contributed by atoms with Crippen molar-refractivity contribution in [2.75, 3.05) is 46.6 Å². The molecule has 1 saturated heterocycles. The maximum Gasteiger partial charge on any atom is 0.261 e. The first-order chi connectivity index (χ1) is 20.1. The number of fused-ring (bicyclic) bond motifs is 2. The lowest BCUT2D eigenvalue weighted by Gasteiger charge is -2.34. The molecule has 2 aliphatic heterocycles. The third-order valence-corrected chi connectivity index (χ3v) is 7.59. The smallest absolute Gasteiger partial charge is 0.261 e. The highest BCUT2D eigenvalue weighted by Crippen LogP contribution is 2.33. The average molecular weight is 561 g/mol. The summed E-state index contributed by atoms with van der Waals surface area (Å²) in [4.78, 5) is 23.2. The highest BCUT2D eigenvalue weighted by Gasteiger charge is 2.20. The number of para-hydroxylation sites is 1. The maximum absolute atomic E-state index is 13.6. The van der Waals surface area contributed by atoms with Crippen molar-refractivity contribution in [3.8, 4) is 23.0 Å². The largest absolute Gasteiger partial charge is 0.494 e. The van der Waals surface area contributed by atoms with E-state index in [1.54, 1.807) is 42.0 Å². The lowest BCUT2D eigenvalue weighted by Crippen LogP contribution is -2.46. The summed E-state index contributed by atoms with van der Waals surface area (Å²) in [6.07, 6.45) is 0.794. The molecule has 2 aliphatic rings. The summed E-state index contributed by atoms with van der Waals surface area (Å²) >= 11 is 0. The molecule has 10 heteroatoms. The number of piperazine rings is 1. The lowest BCUT2D eigenvalue weighted by atomic mass is 10.1. The van der Waals surface area contributed by atoms with E-state index in [0.717, 1.165) is 57.2 Å². The van der Waals surface area contributed by atoms with Crippen LogP contribution in [-0.2, 0) is 19.7 Å². The molecule has 0 atom stereocenters. The van der Waals surface area contributed by atoms with Gasteiger partial charge in [-0.15, -0.1) is 0 Å². The molecule has 41 heavy (non-hydrogen) atoms. The molecule has 1 aromatic heterocycles. The van der Waals surface area contributed by atoms with Crippen LogP contribution in [0.15, 0.2) is 65.5 Å². The Morgan fingerprint density at radius 3 is 2.51 bits per heavy atom. The highest BCUT2D eigenvalue weighted by atomic mass is 19.1. The number of benzene rings is 3. The normalized spacial score (nSPS) is 15.4. The second kappa shape index (κ2) is 12.2. The Morgan fingerprint density at radius 2 is 1.71 bits per heavy atom. The van der Waals surface area contributed by atoms with Crippen LogP contribution in [-0.4, -0.2) is 66.0 Å². The van der Waals surface area contributed by atoms with Crippen molar-refractivity contribution in [1.82, 2.24) is 19.4 Å². The van der Waals surface area contributed by atoms with Crippen molar-refractivity contribution >= 4 is 10.9 Å². The van der Waals surface area contributed by atoms with E-state index >= 15 is 0 Å². The van der Waals surface area contributed by atoms with Gasteiger partial charge < -0.3 is 23.8 Å². The molecule has 6 rings (SSSR count). The Morgan fingerprint density at radius 1 is 0.927 bits per heavy atom.